The Labute approximate surface area is 96.2 Å². The molecule has 0 fully saturated rings. The van der Waals surface area contributed by atoms with Crippen LogP contribution in [-0.4, -0.2) is 10.9 Å². The number of hydrogen-bond acceptors (Lipinski definition) is 4. The van der Waals surface area contributed by atoms with Gasteiger partial charge in [0.1, 0.15) is 0 Å². The molecule has 2 rings (SSSR count). The van der Waals surface area contributed by atoms with E-state index in [9.17, 15) is 4.79 Å². The summed E-state index contributed by atoms with van der Waals surface area (Å²) in [6, 6.07) is 3.66. The Kier molecular flexibility index (Phi) is 2.94. The highest BCUT2D eigenvalue weighted by Crippen LogP contribution is 2.21. The quantitative estimate of drug-likeness (QED) is 0.633. The van der Waals surface area contributed by atoms with Gasteiger partial charge in [0.25, 0.3) is 5.91 Å². The van der Waals surface area contributed by atoms with Crippen LogP contribution in [0.2, 0.25) is 0 Å². The summed E-state index contributed by atoms with van der Waals surface area (Å²) in [6.07, 6.45) is 4.71. The first-order valence-corrected chi connectivity index (χ1v) is 5.42. The van der Waals surface area contributed by atoms with Crippen LogP contribution in [0.5, 0.6) is 0 Å². The fraction of sp³-hybridized carbons (Fsp3) is 0. The Hall–Kier alpha value is -2.19. The van der Waals surface area contributed by atoms with E-state index in [0.29, 0.717) is 5.56 Å². The summed E-state index contributed by atoms with van der Waals surface area (Å²) in [5, 5.41) is 14.3. The maximum absolute atomic E-state index is 11.4. The number of nitrogens with one attached hydrogen (secondary N) is 1. The lowest BCUT2D eigenvalue weighted by Gasteiger charge is -2.00. The van der Waals surface area contributed by atoms with Crippen molar-refractivity contribution in [2.24, 2.45) is 0 Å². The van der Waals surface area contributed by atoms with Gasteiger partial charge in [-0.05, 0) is 28.5 Å². The van der Waals surface area contributed by atoms with E-state index in [1.165, 1.54) is 6.20 Å². The summed E-state index contributed by atoms with van der Waals surface area (Å²) in [5.41, 5.74) is 2.26. The summed E-state index contributed by atoms with van der Waals surface area (Å²) in [4.78, 5) is 15.4. The molecule has 1 N–H and O–H groups in total. The first kappa shape index (κ1) is 10.3. The van der Waals surface area contributed by atoms with Gasteiger partial charge in [0.2, 0.25) is 0 Å². The number of nitrogens with zero attached hydrogens (tertiary/aromatic N) is 2. The fourth-order valence-corrected chi connectivity index (χ4v) is 1.94. The number of carbonyl (C=O) groups excluding carboxylic acids is 1. The zero-order valence-electron chi connectivity index (χ0n) is 8.18. The van der Waals surface area contributed by atoms with E-state index in [4.69, 9.17) is 5.26 Å². The molecule has 16 heavy (non-hydrogen) atoms. The van der Waals surface area contributed by atoms with Gasteiger partial charge in [0.15, 0.2) is 6.19 Å². The molecule has 0 aliphatic heterocycles. The lowest BCUT2D eigenvalue weighted by atomic mass is 10.1. The lowest BCUT2D eigenvalue weighted by molar-refractivity contribution is 0.0972. The summed E-state index contributed by atoms with van der Waals surface area (Å²) < 4.78 is 0. The van der Waals surface area contributed by atoms with Crippen LogP contribution in [0.1, 0.15) is 10.4 Å². The van der Waals surface area contributed by atoms with Gasteiger partial charge in [-0.15, -0.1) is 0 Å². The molecule has 2 aromatic rings. The zero-order valence-corrected chi connectivity index (χ0v) is 8.99. The van der Waals surface area contributed by atoms with Crippen molar-refractivity contribution in [2.45, 2.75) is 0 Å². The molecule has 5 heteroatoms. The maximum atomic E-state index is 11.4. The monoisotopic (exact) mass is 229 g/mol. The molecule has 2 heterocycles. The summed E-state index contributed by atoms with van der Waals surface area (Å²) >= 11 is 1.58. The number of rotatable bonds is 2. The van der Waals surface area contributed by atoms with Crippen molar-refractivity contribution in [1.82, 2.24) is 10.3 Å². The molecule has 0 aliphatic carbocycles. The van der Waals surface area contributed by atoms with E-state index in [1.807, 2.05) is 16.8 Å². The second kappa shape index (κ2) is 4.55. The first-order chi connectivity index (χ1) is 7.81. The number of pyridine rings is 1. The molecule has 0 aromatic carbocycles. The summed E-state index contributed by atoms with van der Waals surface area (Å²) in [5.74, 6) is -0.438. The van der Waals surface area contributed by atoms with Crippen molar-refractivity contribution >= 4 is 17.2 Å². The zero-order chi connectivity index (χ0) is 11.4. The third kappa shape index (κ3) is 2.07. The van der Waals surface area contributed by atoms with E-state index in [1.54, 1.807) is 29.8 Å². The second-order valence-corrected chi connectivity index (χ2v) is 3.82. The third-order valence-corrected chi connectivity index (χ3v) is 2.71. The Balaban J connectivity index is 2.34. The van der Waals surface area contributed by atoms with Gasteiger partial charge >= 0.3 is 0 Å². The van der Waals surface area contributed by atoms with Crippen LogP contribution in [0, 0.1) is 11.5 Å². The van der Waals surface area contributed by atoms with Gasteiger partial charge in [-0.2, -0.15) is 16.6 Å². The van der Waals surface area contributed by atoms with Crippen LogP contribution in [0.15, 0.2) is 35.3 Å². The molecule has 0 radical (unpaired) electrons. The smallest absolute Gasteiger partial charge is 0.265 e. The predicted octanol–water partition coefficient (Wildman–Crippen LogP) is 2.02. The minimum atomic E-state index is -0.438. The van der Waals surface area contributed by atoms with E-state index < -0.39 is 5.91 Å². The minimum Gasteiger partial charge on any atom is -0.268 e. The van der Waals surface area contributed by atoms with Crippen LogP contribution in [0.4, 0.5) is 0 Å². The van der Waals surface area contributed by atoms with Gasteiger partial charge in [-0.1, -0.05) is 0 Å². The highest BCUT2D eigenvalue weighted by molar-refractivity contribution is 7.08. The average Bonchev–Trinajstić information content (AvgIpc) is 2.83. The number of aromatic nitrogens is 1. The number of carbonyl (C=O) groups is 1. The molecule has 0 atom stereocenters. The molecule has 0 saturated carbocycles. The highest BCUT2D eigenvalue weighted by atomic mass is 32.1. The molecular weight excluding hydrogens is 222 g/mol. The molecule has 1 amide bonds. The standard InChI is InChI=1S/C11H7N3OS/c12-7-14-11(15)10-3-9(4-13-5-10)8-1-2-16-6-8/h1-6H,(H,14,15). The summed E-state index contributed by atoms with van der Waals surface area (Å²) in [6.45, 7) is 0. The van der Waals surface area contributed by atoms with E-state index in [-0.39, 0.29) is 0 Å². The molecule has 0 spiro atoms. The van der Waals surface area contributed by atoms with Gasteiger partial charge in [-0.25, -0.2) is 0 Å². The number of hydrogen-bond donors (Lipinski definition) is 1. The predicted molar refractivity (Wildman–Crippen MR) is 60.6 cm³/mol. The third-order valence-electron chi connectivity index (χ3n) is 2.02. The molecule has 0 saturated heterocycles. The average molecular weight is 229 g/mol. The number of amides is 1. The normalized spacial score (nSPS) is 9.44. The van der Waals surface area contributed by atoms with Gasteiger partial charge in [0.05, 0.1) is 5.56 Å². The minimum absolute atomic E-state index is 0.380. The van der Waals surface area contributed by atoms with Crippen molar-refractivity contribution in [3.63, 3.8) is 0 Å². The molecular formula is C11H7N3OS. The van der Waals surface area contributed by atoms with Crippen molar-refractivity contribution in [2.75, 3.05) is 0 Å². The van der Waals surface area contributed by atoms with Crippen LogP contribution >= 0.6 is 11.3 Å². The van der Waals surface area contributed by atoms with Crippen molar-refractivity contribution in [3.05, 3.63) is 40.8 Å². The van der Waals surface area contributed by atoms with Gasteiger partial charge in [-0.3, -0.25) is 15.1 Å². The highest BCUT2D eigenvalue weighted by Gasteiger charge is 2.07. The SMILES string of the molecule is N#CNC(=O)c1cncc(-c2ccsc2)c1. The second-order valence-electron chi connectivity index (χ2n) is 3.04. The van der Waals surface area contributed by atoms with Crippen molar-refractivity contribution in [3.8, 4) is 17.3 Å². The van der Waals surface area contributed by atoms with Crippen LogP contribution in [-0.2, 0) is 0 Å². The first-order valence-electron chi connectivity index (χ1n) is 4.48. The molecule has 78 valence electrons. The topological polar surface area (TPSA) is 65.8 Å². The molecule has 0 aliphatic rings. The Bertz CT molecular complexity index is 543. The van der Waals surface area contributed by atoms with E-state index in [0.717, 1.165) is 11.1 Å². The number of thiophene rings is 1. The van der Waals surface area contributed by atoms with Crippen molar-refractivity contribution in [1.29, 1.82) is 5.26 Å². The Morgan fingerprint density at radius 1 is 1.44 bits per heavy atom. The van der Waals surface area contributed by atoms with E-state index >= 15 is 0 Å². The molecule has 0 unspecified atom stereocenters. The van der Waals surface area contributed by atoms with Gasteiger partial charge in [0, 0.05) is 18.0 Å². The maximum Gasteiger partial charge on any atom is 0.265 e. The van der Waals surface area contributed by atoms with E-state index in [2.05, 4.69) is 10.3 Å². The van der Waals surface area contributed by atoms with Crippen molar-refractivity contribution < 1.29 is 4.79 Å². The van der Waals surface area contributed by atoms with Gasteiger partial charge < -0.3 is 0 Å². The summed E-state index contributed by atoms with van der Waals surface area (Å²) in [7, 11) is 0. The molecule has 0 bridgehead atoms. The van der Waals surface area contributed by atoms with Crippen LogP contribution < -0.4 is 5.32 Å². The largest absolute Gasteiger partial charge is 0.268 e. The number of nitriles is 1. The Morgan fingerprint density at radius 3 is 3.00 bits per heavy atom. The lowest BCUT2D eigenvalue weighted by Crippen LogP contribution is -2.17. The van der Waals surface area contributed by atoms with Crippen LogP contribution in [0.25, 0.3) is 11.1 Å². The fourth-order valence-electron chi connectivity index (χ4n) is 1.27. The van der Waals surface area contributed by atoms with Crippen LogP contribution in [0.3, 0.4) is 0 Å². The molecule has 4 nitrogen and oxygen atoms in total. The Morgan fingerprint density at radius 2 is 2.31 bits per heavy atom. The molecule has 2 aromatic heterocycles.